The Kier molecular flexibility index (Phi) is 11.1. The quantitative estimate of drug-likeness (QED) is 0.638. The van der Waals surface area contributed by atoms with Crippen LogP contribution in [0.2, 0.25) is 5.15 Å². The molecule has 0 saturated carbocycles. The fourth-order valence-electron chi connectivity index (χ4n) is 0.823. The van der Waals surface area contributed by atoms with Crippen LogP contribution in [0.4, 0.5) is 0 Å². The molecule has 3 nitrogen and oxygen atoms in total. The molecule has 0 radical (unpaired) electrons. The van der Waals surface area contributed by atoms with Gasteiger partial charge in [-0.2, -0.15) is 0 Å². The smallest absolute Gasteiger partial charge is 0.129 e. The minimum absolute atomic E-state index is 0. The van der Waals surface area contributed by atoms with Crippen LogP contribution in [-0.4, -0.2) is 23.2 Å². The number of hydrogen-bond donors (Lipinski definition) is 2. The first-order valence-corrected chi connectivity index (χ1v) is 4.12. The summed E-state index contributed by atoms with van der Waals surface area (Å²) in [5.41, 5.74) is 1.06. The maximum Gasteiger partial charge on any atom is 0.129 e. The third-order valence-electron chi connectivity index (χ3n) is 1.41. The highest BCUT2D eigenvalue weighted by Crippen LogP contribution is 2.04. The lowest BCUT2D eigenvalue weighted by atomic mass is 10.3. The van der Waals surface area contributed by atoms with E-state index in [1.807, 2.05) is 6.07 Å². The minimum atomic E-state index is 0. The molecule has 0 aliphatic heterocycles. The van der Waals surface area contributed by atoms with Gasteiger partial charge < -0.3 is 10.4 Å². The van der Waals surface area contributed by atoms with E-state index >= 15 is 0 Å². The van der Waals surface area contributed by atoms with Gasteiger partial charge in [-0.1, -0.05) is 17.7 Å². The number of nitrogens with zero attached hydrogens (tertiary/aromatic N) is 1. The molecule has 0 aliphatic rings. The average molecular weight is 260 g/mol. The van der Waals surface area contributed by atoms with Gasteiger partial charge in [-0.15, -0.1) is 24.8 Å². The molecule has 0 unspecified atom stereocenters. The molecule has 6 heteroatoms. The molecular weight excluding hydrogens is 246 g/mol. The maximum atomic E-state index is 8.49. The molecule has 1 heterocycles. The normalized spacial score (nSPS) is 8.71. The number of nitrogens with one attached hydrogen (secondary N) is 1. The summed E-state index contributed by atoms with van der Waals surface area (Å²) in [4.78, 5) is 3.92. The van der Waals surface area contributed by atoms with Gasteiger partial charge in [-0.05, 0) is 11.6 Å². The van der Waals surface area contributed by atoms with Crippen molar-refractivity contribution in [3.63, 3.8) is 0 Å². The number of aliphatic hydroxyl groups is 1. The van der Waals surface area contributed by atoms with Crippen molar-refractivity contribution in [2.45, 2.75) is 6.54 Å². The number of aliphatic hydroxyl groups excluding tert-OH is 1. The average Bonchev–Trinajstić information content (AvgIpc) is 2.09. The van der Waals surface area contributed by atoms with Gasteiger partial charge in [-0.3, -0.25) is 0 Å². The highest BCUT2D eigenvalue weighted by molar-refractivity contribution is 6.29. The number of hydrogen-bond acceptors (Lipinski definition) is 3. The zero-order chi connectivity index (χ0) is 8.81. The highest BCUT2D eigenvalue weighted by atomic mass is 35.5. The topological polar surface area (TPSA) is 45.1 Å². The largest absolute Gasteiger partial charge is 0.395 e. The fraction of sp³-hybridized carbons (Fsp3) is 0.375. The van der Waals surface area contributed by atoms with Gasteiger partial charge in [0.2, 0.25) is 0 Å². The van der Waals surface area contributed by atoms with E-state index in [1.165, 1.54) is 0 Å². The lowest BCUT2D eigenvalue weighted by molar-refractivity contribution is 0.292. The molecule has 0 fully saturated rings. The van der Waals surface area contributed by atoms with Crippen LogP contribution >= 0.6 is 36.4 Å². The van der Waals surface area contributed by atoms with Gasteiger partial charge in [0.15, 0.2) is 0 Å². The van der Waals surface area contributed by atoms with Gasteiger partial charge in [0.1, 0.15) is 5.15 Å². The molecule has 0 amide bonds. The van der Waals surface area contributed by atoms with E-state index in [-0.39, 0.29) is 31.4 Å². The van der Waals surface area contributed by atoms with Crippen molar-refractivity contribution in [3.8, 4) is 0 Å². The summed E-state index contributed by atoms with van der Waals surface area (Å²) in [6.07, 6.45) is 1.71. The molecule has 2 N–H and O–H groups in total. The fourth-order valence-corrected chi connectivity index (χ4v) is 0.935. The van der Waals surface area contributed by atoms with Gasteiger partial charge >= 0.3 is 0 Å². The second kappa shape index (κ2) is 9.49. The standard InChI is InChI=1S/C8H11ClN2O.2ClH/c9-8-2-1-7(6-11-8)5-10-3-4-12;;/h1-2,6,10,12H,3-5H2;2*1H. The summed E-state index contributed by atoms with van der Waals surface area (Å²) in [6, 6.07) is 3.65. The van der Waals surface area contributed by atoms with Crippen molar-refractivity contribution < 1.29 is 5.11 Å². The molecule has 0 atom stereocenters. The van der Waals surface area contributed by atoms with E-state index in [9.17, 15) is 0 Å². The molecule has 0 bridgehead atoms. The van der Waals surface area contributed by atoms with Gasteiger partial charge in [-0.25, -0.2) is 4.98 Å². The van der Waals surface area contributed by atoms with Crippen LogP contribution in [0.5, 0.6) is 0 Å². The third-order valence-corrected chi connectivity index (χ3v) is 1.63. The summed E-state index contributed by atoms with van der Waals surface area (Å²) in [7, 11) is 0. The number of pyridine rings is 1. The van der Waals surface area contributed by atoms with Crippen molar-refractivity contribution in [3.05, 3.63) is 29.0 Å². The molecule has 0 aromatic carbocycles. The first kappa shape index (κ1) is 16.4. The zero-order valence-electron chi connectivity index (χ0n) is 7.44. The van der Waals surface area contributed by atoms with Crippen LogP contribution in [0.25, 0.3) is 0 Å². The Bertz CT molecular complexity index is 231. The lowest BCUT2D eigenvalue weighted by Crippen LogP contribution is -2.17. The van der Waals surface area contributed by atoms with E-state index in [0.29, 0.717) is 18.2 Å². The summed E-state index contributed by atoms with van der Waals surface area (Å²) in [5.74, 6) is 0. The second-order valence-corrected chi connectivity index (χ2v) is 2.78. The first-order valence-electron chi connectivity index (χ1n) is 3.75. The van der Waals surface area contributed by atoms with Crippen molar-refractivity contribution in [2.75, 3.05) is 13.2 Å². The molecular formula is C8H13Cl3N2O. The Morgan fingerprint density at radius 1 is 1.36 bits per heavy atom. The highest BCUT2D eigenvalue weighted by Gasteiger charge is 1.92. The predicted octanol–water partition coefficient (Wildman–Crippen LogP) is 1.66. The van der Waals surface area contributed by atoms with Crippen molar-refractivity contribution >= 4 is 36.4 Å². The maximum absolute atomic E-state index is 8.49. The van der Waals surface area contributed by atoms with E-state index in [2.05, 4.69) is 10.3 Å². The van der Waals surface area contributed by atoms with Gasteiger partial charge in [0.05, 0.1) is 6.61 Å². The summed E-state index contributed by atoms with van der Waals surface area (Å²) in [5, 5.41) is 12.0. The molecule has 0 spiro atoms. The van der Waals surface area contributed by atoms with Crippen molar-refractivity contribution in [2.24, 2.45) is 0 Å². The second-order valence-electron chi connectivity index (χ2n) is 2.39. The predicted molar refractivity (Wildman–Crippen MR) is 62.5 cm³/mol. The molecule has 1 rings (SSSR count). The van der Waals surface area contributed by atoms with Crippen LogP contribution in [0.1, 0.15) is 5.56 Å². The van der Waals surface area contributed by atoms with E-state index in [4.69, 9.17) is 16.7 Å². The Labute approximate surface area is 101 Å². The zero-order valence-corrected chi connectivity index (χ0v) is 9.83. The Hall–Kier alpha value is -0.0600. The third kappa shape index (κ3) is 6.40. The van der Waals surface area contributed by atoms with Crippen LogP contribution in [0, 0.1) is 0 Å². The number of aromatic nitrogens is 1. The molecule has 82 valence electrons. The first-order chi connectivity index (χ1) is 5.83. The molecule has 1 aromatic rings. The van der Waals surface area contributed by atoms with Crippen LogP contribution < -0.4 is 5.32 Å². The van der Waals surface area contributed by atoms with Crippen LogP contribution in [-0.2, 0) is 6.54 Å². The molecule has 0 aliphatic carbocycles. The SMILES string of the molecule is Cl.Cl.OCCNCc1ccc(Cl)nc1. The summed E-state index contributed by atoms with van der Waals surface area (Å²) < 4.78 is 0. The molecule has 0 saturated heterocycles. The lowest BCUT2D eigenvalue weighted by Gasteiger charge is -2.01. The van der Waals surface area contributed by atoms with E-state index < -0.39 is 0 Å². The molecule has 1 aromatic heterocycles. The number of rotatable bonds is 4. The Morgan fingerprint density at radius 2 is 2.07 bits per heavy atom. The minimum Gasteiger partial charge on any atom is -0.395 e. The van der Waals surface area contributed by atoms with Crippen molar-refractivity contribution in [1.82, 2.24) is 10.3 Å². The van der Waals surface area contributed by atoms with Gasteiger partial charge in [0, 0.05) is 19.3 Å². The summed E-state index contributed by atoms with van der Waals surface area (Å²) in [6.45, 7) is 1.47. The Morgan fingerprint density at radius 3 is 2.57 bits per heavy atom. The van der Waals surface area contributed by atoms with E-state index in [0.717, 1.165) is 5.56 Å². The monoisotopic (exact) mass is 258 g/mol. The molecule has 14 heavy (non-hydrogen) atoms. The van der Waals surface area contributed by atoms with Gasteiger partial charge in [0.25, 0.3) is 0 Å². The van der Waals surface area contributed by atoms with Crippen LogP contribution in [0.3, 0.4) is 0 Å². The Balaban J connectivity index is 0. The number of halogens is 3. The van der Waals surface area contributed by atoms with E-state index in [1.54, 1.807) is 12.3 Å². The van der Waals surface area contributed by atoms with Crippen molar-refractivity contribution in [1.29, 1.82) is 0 Å². The van der Waals surface area contributed by atoms with Crippen LogP contribution in [0.15, 0.2) is 18.3 Å². The summed E-state index contributed by atoms with van der Waals surface area (Å²) >= 11 is 5.60.